The van der Waals surface area contributed by atoms with Gasteiger partial charge >= 0.3 is 5.97 Å². The molecule has 1 atom stereocenters. The van der Waals surface area contributed by atoms with Crippen LogP contribution in [-0.2, 0) is 14.3 Å². The third-order valence-electron chi connectivity index (χ3n) is 2.71. The zero-order valence-electron chi connectivity index (χ0n) is 10.5. The monoisotopic (exact) mass is 266 g/mol. The van der Waals surface area contributed by atoms with Gasteiger partial charge in [-0.05, 0) is 5.56 Å². The summed E-state index contributed by atoms with van der Waals surface area (Å²) in [5.74, 6) is -0.775. The van der Waals surface area contributed by atoms with E-state index < -0.39 is 5.92 Å². The van der Waals surface area contributed by atoms with Crippen LogP contribution in [0.1, 0.15) is 46.6 Å². The van der Waals surface area contributed by atoms with E-state index in [2.05, 4.69) is 4.74 Å². The molecule has 0 unspecified atom stereocenters. The van der Waals surface area contributed by atoms with Gasteiger partial charge in [-0.1, -0.05) is 59.0 Å². The van der Waals surface area contributed by atoms with Crippen LogP contribution < -0.4 is 0 Å². The molecule has 0 saturated carbocycles. The average molecular weight is 266 g/mol. The van der Waals surface area contributed by atoms with Crippen LogP contribution >= 0.6 is 0 Å². The highest BCUT2D eigenvalue weighted by Crippen LogP contribution is 2.24. The maximum absolute atomic E-state index is 12.1. The fourth-order valence-corrected chi connectivity index (χ4v) is 1.72. The van der Waals surface area contributed by atoms with Crippen molar-refractivity contribution in [2.45, 2.75) is 41.0 Å². The lowest BCUT2D eigenvalue weighted by atomic mass is 9.86. The van der Waals surface area contributed by atoms with Gasteiger partial charge in [0.25, 0.3) is 0 Å². The molecular formula is C16H26O3. The molecule has 1 rings (SSSR count). The molecule has 0 aromatic heterocycles. The van der Waals surface area contributed by atoms with Gasteiger partial charge in [-0.25, -0.2) is 0 Å². The van der Waals surface area contributed by atoms with Gasteiger partial charge in [0.2, 0.25) is 0 Å². The highest BCUT2D eigenvalue weighted by atomic mass is 16.5. The zero-order chi connectivity index (χ0) is 12.8. The number of hydrogen-bond donors (Lipinski definition) is 0. The molecule has 0 radical (unpaired) electrons. The lowest BCUT2D eigenvalue weighted by Gasteiger charge is -2.17. The third-order valence-corrected chi connectivity index (χ3v) is 2.71. The fourth-order valence-electron chi connectivity index (χ4n) is 1.72. The number of carbonyl (C=O) groups is 2. The van der Waals surface area contributed by atoms with Crippen LogP contribution in [0.5, 0.6) is 0 Å². The molecule has 0 fully saturated rings. The van der Waals surface area contributed by atoms with Gasteiger partial charge in [-0.3, -0.25) is 9.59 Å². The summed E-state index contributed by atoms with van der Waals surface area (Å²) in [7, 11) is 1.34. The largest absolute Gasteiger partial charge is 0.469 e. The number of hydrogen-bond acceptors (Lipinski definition) is 3. The zero-order valence-corrected chi connectivity index (χ0v) is 10.5. The minimum absolute atomic E-state index is 0. The highest BCUT2D eigenvalue weighted by Gasteiger charge is 2.25. The quantitative estimate of drug-likeness (QED) is 0.761. The molecule has 108 valence electrons. The standard InChI is InChI=1S/C14H18O3.2CH4/c1-10(2)14(16)12(9-13(15)17-3)11-7-5-4-6-8-11;;/h4-8,10,12H,9H2,1-3H3;2*1H4/t12-;;/m0../s1. The van der Waals surface area contributed by atoms with Crippen LogP contribution in [-0.4, -0.2) is 18.9 Å². The molecule has 0 aliphatic heterocycles. The van der Waals surface area contributed by atoms with Gasteiger partial charge in [0.05, 0.1) is 19.4 Å². The first-order valence-corrected chi connectivity index (χ1v) is 5.71. The number of ketones is 1. The van der Waals surface area contributed by atoms with Crippen LogP contribution in [0.3, 0.4) is 0 Å². The van der Waals surface area contributed by atoms with Crippen molar-refractivity contribution in [1.82, 2.24) is 0 Å². The maximum atomic E-state index is 12.1. The highest BCUT2D eigenvalue weighted by molar-refractivity contribution is 5.91. The third kappa shape index (κ3) is 5.69. The smallest absolute Gasteiger partial charge is 0.306 e. The van der Waals surface area contributed by atoms with Crippen molar-refractivity contribution < 1.29 is 14.3 Å². The molecule has 0 saturated heterocycles. The Morgan fingerprint density at radius 1 is 1.11 bits per heavy atom. The Bertz CT molecular complexity index is 382. The van der Waals surface area contributed by atoms with Crippen molar-refractivity contribution in [2.75, 3.05) is 7.11 Å². The number of Topliss-reactive ketones (excluding diaryl/α,β-unsaturated/α-hetero) is 1. The fraction of sp³-hybridized carbons (Fsp3) is 0.500. The molecule has 3 heteroatoms. The summed E-state index contributed by atoms with van der Waals surface area (Å²) >= 11 is 0. The van der Waals surface area contributed by atoms with Crippen molar-refractivity contribution in [3.05, 3.63) is 35.9 Å². The van der Waals surface area contributed by atoms with E-state index in [9.17, 15) is 9.59 Å². The van der Waals surface area contributed by atoms with Crippen molar-refractivity contribution in [3.63, 3.8) is 0 Å². The minimum atomic E-state index is -0.399. The normalized spacial score (nSPS) is 10.9. The van der Waals surface area contributed by atoms with E-state index in [-0.39, 0.29) is 38.9 Å². The summed E-state index contributed by atoms with van der Waals surface area (Å²) in [6.07, 6.45) is 0.109. The summed E-state index contributed by atoms with van der Waals surface area (Å²) < 4.78 is 4.64. The molecule has 3 nitrogen and oxygen atoms in total. The SMILES string of the molecule is C.C.COC(=O)C[C@H](C(=O)C(C)C)c1ccccc1. The molecule has 0 N–H and O–H groups in total. The minimum Gasteiger partial charge on any atom is -0.469 e. The molecule has 19 heavy (non-hydrogen) atoms. The summed E-state index contributed by atoms with van der Waals surface area (Å²) in [5.41, 5.74) is 0.872. The second-order valence-corrected chi connectivity index (χ2v) is 4.30. The number of rotatable bonds is 5. The first-order valence-electron chi connectivity index (χ1n) is 5.71. The molecule has 0 aliphatic carbocycles. The molecule has 0 spiro atoms. The lowest BCUT2D eigenvalue weighted by Crippen LogP contribution is -2.21. The van der Waals surface area contributed by atoms with Gasteiger partial charge in [0, 0.05) is 5.92 Å². The van der Waals surface area contributed by atoms with E-state index in [1.807, 2.05) is 44.2 Å². The second kappa shape index (κ2) is 9.31. The Hall–Kier alpha value is -1.64. The van der Waals surface area contributed by atoms with Gasteiger partial charge in [-0.2, -0.15) is 0 Å². The summed E-state index contributed by atoms with van der Waals surface area (Å²) in [6, 6.07) is 9.36. The molecule has 1 aromatic rings. The Labute approximate surface area is 117 Å². The number of ether oxygens (including phenoxy) is 1. The number of benzene rings is 1. The summed E-state index contributed by atoms with van der Waals surface area (Å²) in [5, 5.41) is 0. The van der Waals surface area contributed by atoms with E-state index in [1.165, 1.54) is 7.11 Å². The second-order valence-electron chi connectivity index (χ2n) is 4.30. The number of carbonyl (C=O) groups excluding carboxylic acids is 2. The van der Waals surface area contributed by atoms with Gasteiger partial charge in [-0.15, -0.1) is 0 Å². The average Bonchev–Trinajstić information content (AvgIpc) is 2.35. The van der Waals surface area contributed by atoms with E-state index in [0.717, 1.165) is 5.56 Å². The summed E-state index contributed by atoms with van der Waals surface area (Å²) in [6.45, 7) is 3.69. The number of methoxy groups -OCH3 is 1. The molecule has 1 aromatic carbocycles. The van der Waals surface area contributed by atoms with Gasteiger partial charge in [0.1, 0.15) is 5.78 Å². The van der Waals surface area contributed by atoms with Crippen molar-refractivity contribution >= 4 is 11.8 Å². The number of esters is 1. The van der Waals surface area contributed by atoms with E-state index in [0.29, 0.717) is 0 Å². The van der Waals surface area contributed by atoms with Crippen LogP contribution in [0.4, 0.5) is 0 Å². The van der Waals surface area contributed by atoms with Gasteiger partial charge in [0.15, 0.2) is 0 Å². The predicted octanol–water partition coefficient (Wildman–Crippen LogP) is 3.83. The molecule has 0 aliphatic rings. The van der Waals surface area contributed by atoms with Crippen molar-refractivity contribution in [1.29, 1.82) is 0 Å². The first kappa shape index (κ1) is 19.7. The topological polar surface area (TPSA) is 43.4 Å². The Morgan fingerprint density at radius 2 is 1.63 bits per heavy atom. The molecule has 0 amide bonds. The van der Waals surface area contributed by atoms with Crippen molar-refractivity contribution in [2.24, 2.45) is 5.92 Å². The lowest BCUT2D eigenvalue weighted by molar-refractivity contribution is -0.142. The Morgan fingerprint density at radius 3 is 2.05 bits per heavy atom. The molecule has 0 bridgehead atoms. The molecular weight excluding hydrogens is 240 g/mol. The summed E-state index contributed by atoms with van der Waals surface area (Å²) in [4.78, 5) is 23.4. The Balaban J connectivity index is 0. The van der Waals surface area contributed by atoms with Crippen LogP contribution in [0.15, 0.2) is 30.3 Å². The first-order chi connectivity index (χ1) is 8.06. The molecule has 0 heterocycles. The van der Waals surface area contributed by atoms with Crippen LogP contribution in [0, 0.1) is 5.92 Å². The van der Waals surface area contributed by atoms with Crippen LogP contribution in [0.2, 0.25) is 0 Å². The van der Waals surface area contributed by atoms with Crippen LogP contribution in [0.25, 0.3) is 0 Å². The van der Waals surface area contributed by atoms with Crippen molar-refractivity contribution in [3.8, 4) is 0 Å². The predicted molar refractivity (Wildman–Crippen MR) is 79.1 cm³/mol. The Kier molecular flexibility index (Phi) is 9.65. The van der Waals surface area contributed by atoms with E-state index in [4.69, 9.17) is 0 Å². The van der Waals surface area contributed by atoms with Gasteiger partial charge < -0.3 is 4.74 Å². The maximum Gasteiger partial charge on any atom is 0.306 e. The van der Waals surface area contributed by atoms with E-state index >= 15 is 0 Å². The van der Waals surface area contributed by atoms with E-state index in [1.54, 1.807) is 0 Å².